The molecule has 0 fully saturated rings. The van der Waals surface area contributed by atoms with Gasteiger partial charge in [0.05, 0.1) is 30.5 Å². The Morgan fingerprint density at radius 3 is 2.76 bits per heavy atom. The largest absolute Gasteiger partial charge is 0.493 e. The second-order valence-electron chi connectivity index (χ2n) is 7.83. The first-order chi connectivity index (χ1) is 15.8. The topological polar surface area (TPSA) is 82.8 Å². The van der Waals surface area contributed by atoms with Crippen LogP contribution in [0, 0.1) is 5.92 Å². The molecule has 2 aromatic rings. The van der Waals surface area contributed by atoms with Crippen LogP contribution in [0.4, 0.5) is 8.78 Å². The first-order valence-corrected chi connectivity index (χ1v) is 10.8. The highest BCUT2D eigenvalue weighted by Crippen LogP contribution is 2.34. The van der Waals surface area contributed by atoms with Gasteiger partial charge in [-0.3, -0.25) is 4.79 Å². The van der Waals surface area contributed by atoms with Crippen molar-refractivity contribution in [3.8, 4) is 23.0 Å². The van der Waals surface area contributed by atoms with E-state index in [1.807, 2.05) is 19.1 Å². The van der Waals surface area contributed by atoms with Gasteiger partial charge in [0.1, 0.15) is 12.0 Å². The molecule has 1 aliphatic carbocycles. The predicted molar refractivity (Wildman–Crippen MR) is 118 cm³/mol. The minimum Gasteiger partial charge on any atom is -0.493 e. The fourth-order valence-electron chi connectivity index (χ4n) is 3.27. The molecule has 7 nitrogen and oxygen atoms in total. The average molecular weight is 462 g/mol. The summed E-state index contributed by atoms with van der Waals surface area (Å²) in [4.78, 5) is 17.0. The number of benzene rings is 1. The van der Waals surface area contributed by atoms with Crippen LogP contribution in [0.25, 0.3) is 11.5 Å². The quantitative estimate of drug-likeness (QED) is 0.520. The lowest BCUT2D eigenvalue weighted by atomic mass is 9.96. The summed E-state index contributed by atoms with van der Waals surface area (Å²) in [5.74, 6) is 0.977. The number of carbonyl (C=O) groups is 1. The smallest absolute Gasteiger partial charge is 0.387 e. The molecular weight excluding hydrogens is 434 g/mol. The lowest BCUT2D eigenvalue weighted by Gasteiger charge is -2.19. The second kappa shape index (κ2) is 11.0. The Morgan fingerprint density at radius 2 is 2.06 bits per heavy atom. The lowest BCUT2D eigenvalue weighted by Crippen LogP contribution is -2.27. The Kier molecular flexibility index (Phi) is 8.08. The number of amides is 1. The molecule has 1 aromatic carbocycles. The molecule has 1 heterocycles. The normalized spacial score (nSPS) is 15.8. The van der Waals surface area contributed by atoms with E-state index in [2.05, 4.69) is 22.0 Å². The van der Waals surface area contributed by atoms with Gasteiger partial charge in [0.25, 0.3) is 5.91 Å². The Morgan fingerprint density at radius 1 is 1.27 bits per heavy atom. The first kappa shape index (κ1) is 24.3. The van der Waals surface area contributed by atoms with Crippen molar-refractivity contribution in [2.75, 3.05) is 6.61 Å². The second-order valence-corrected chi connectivity index (χ2v) is 7.83. The molecule has 0 saturated carbocycles. The molecule has 0 bridgehead atoms. The molecule has 178 valence electrons. The van der Waals surface area contributed by atoms with E-state index in [0.717, 1.165) is 6.42 Å². The summed E-state index contributed by atoms with van der Waals surface area (Å²) in [6, 6.07) is 4.45. The van der Waals surface area contributed by atoms with Gasteiger partial charge in [0.2, 0.25) is 5.89 Å². The third-order valence-corrected chi connectivity index (χ3v) is 4.69. The van der Waals surface area contributed by atoms with Gasteiger partial charge in [-0.15, -0.1) is 0 Å². The minimum absolute atomic E-state index is 0.0743. The lowest BCUT2D eigenvalue weighted by molar-refractivity contribution is -0.117. The molecule has 1 aromatic heterocycles. The fourth-order valence-corrected chi connectivity index (χ4v) is 3.27. The average Bonchev–Trinajstić information content (AvgIpc) is 3.22. The Bertz CT molecular complexity index is 1030. The summed E-state index contributed by atoms with van der Waals surface area (Å²) in [6.07, 6.45) is 5.77. The number of nitrogens with one attached hydrogen (secondary N) is 1. The standard InChI is InChI=1S/C24H28F2N2O5/c1-5-30-20-10-15(4)6-8-18(20)22(29)27-12-17-13-31-23(28-17)16-7-9-19(33-24(25)26)21(11-16)32-14(2)3/h7-11,13-15,24H,5-6,12H2,1-4H3,(H,27,29). The van der Waals surface area contributed by atoms with Gasteiger partial charge < -0.3 is 23.9 Å². The Balaban J connectivity index is 1.70. The zero-order valence-corrected chi connectivity index (χ0v) is 19.1. The molecule has 1 atom stereocenters. The van der Waals surface area contributed by atoms with Crippen LogP contribution in [-0.4, -0.2) is 30.2 Å². The molecule has 9 heteroatoms. The van der Waals surface area contributed by atoms with Gasteiger partial charge in [0.15, 0.2) is 11.5 Å². The number of aromatic nitrogens is 1. The molecule has 1 aliphatic rings. The van der Waals surface area contributed by atoms with E-state index in [1.54, 1.807) is 19.9 Å². The number of oxazole rings is 1. The van der Waals surface area contributed by atoms with E-state index in [9.17, 15) is 13.6 Å². The van der Waals surface area contributed by atoms with E-state index in [0.29, 0.717) is 35.1 Å². The van der Waals surface area contributed by atoms with Crippen molar-refractivity contribution in [2.45, 2.75) is 53.4 Å². The molecule has 3 rings (SSSR count). The van der Waals surface area contributed by atoms with Gasteiger partial charge in [0, 0.05) is 5.56 Å². The van der Waals surface area contributed by atoms with E-state index in [1.165, 1.54) is 18.4 Å². The predicted octanol–water partition coefficient (Wildman–Crippen LogP) is 5.23. The number of hydrogen-bond acceptors (Lipinski definition) is 6. The van der Waals surface area contributed by atoms with Crippen LogP contribution in [0.15, 0.2) is 52.4 Å². The summed E-state index contributed by atoms with van der Waals surface area (Å²) in [6.45, 7) is 5.14. The van der Waals surface area contributed by atoms with Crippen LogP contribution < -0.4 is 14.8 Å². The van der Waals surface area contributed by atoms with Crippen LogP contribution in [0.5, 0.6) is 11.5 Å². The number of hydrogen-bond donors (Lipinski definition) is 1. The summed E-state index contributed by atoms with van der Waals surface area (Å²) in [7, 11) is 0. The van der Waals surface area contributed by atoms with Crippen LogP contribution in [0.1, 0.15) is 39.8 Å². The molecule has 33 heavy (non-hydrogen) atoms. The van der Waals surface area contributed by atoms with Crippen LogP contribution >= 0.6 is 0 Å². The molecule has 0 saturated heterocycles. The maximum atomic E-state index is 12.7. The van der Waals surface area contributed by atoms with Gasteiger partial charge >= 0.3 is 6.61 Å². The summed E-state index contributed by atoms with van der Waals surface area (Å²) >= 11 is 0. The van der Waals surface area contributed by atoms with Gasteiger partial charge in [-0.1, -0.05) is 13.0 Å². The number of allylic oxidation sites excluding steroid dienone is 2. The Labute approximate surface area is 191 Å². The van der Waals surface area contributed by atoms with Crippen molar-refractivity contribution in [3.05, 3.63) is 53.6 Å². The summed E-state index contributed by atoms with van der Waals surface area (Å²) in [5, 5.41) is 2.83. The third kappa shape index (κ3) is 6.57. The minimum atomic E-state index is -2.97. The zero-order chi connectivity index (χ0) is 24.0. The van der Waals surface area contributed by atoms with Crippen LogP contribution in [0.3, 0.4) is 0 Å². The highest BCUT2D eigenvalue weighted by Gasteiger charge is 2.21. The van der Waals surface area contributed by atoms with E-state index >= 15 is 0 Å². The summed E-state index contributed by atoms with van der Waals surface area (Å²) in [5.41, 5.74) is 1.53. The maximum absolute atomic E-state index is 12.7. The molecule has 1 N–H and O–H groups in total. The van der Waals surface area contributed by atoms with Crippen molar-refractivity contribution in [2.24, 2.45) is 5.92 Å². The highest BCUT2D eigenvalue weighted by molar-refractivity contribution is 5.97. The number of rotatable bonds is 10. The Hall–Kier alpha value is -3.36. The molecular formula is C24H28F2N2O5. The molecule has 1 unspecified atom stereocenters. The number of carbonyl (C=O) groups excluding carboxylic acids is 1. The highest BCUT2D eigenvalue weighted by atomic mass is 19.3. The summed E-state index contributed by atoms with van der Waals surface area (Å²) < 4.78 is 46.6. The molecule has 0 radical (unpaired) electrons. The number of alkyl halides is 2. The monoisotopic (exact) mass is 462 g/mol. The van der Waals surface area contributed by atoms with Crippen LogP contribution in [-0.2, 0) is 16.1 Å². The van der Waals surface area contributed by atoms with E-state index in [4.69, 9.17) is 13.9 Å². The number of ether oxygens (including phenoxy) is 3. The van der Waals surface area contributed by atoms with Crippen LogP contribution in [0.2, 0.25) is 0 Å². The van der Waals surface area contributed by atoms with Crippen molar-refractivity contribution in [1.29, 1.82) is 0 Å². The molecule has 0 aliphatic heterocycles. The van der Waals surface area contributed by atoms with Crippen molar-refractivity contribution < 1.29 is 32.2 Å². The van der Waals surface area contributed by atoms with Gasteiger partial charge in [-0.2, -0.15) is 8.78 Å². The third-order valence-electron chi connectivity index (χ3n) is 4.69. The van der Waals surface area contributed by atoms with Crippen molar-refractivity contribution in [3.63, 3.8) is 0 Å². The number of nitrogens with zero attached hydrogens (tertiary/aromatic N) is 1. The fraction of sp³-hybridized carbons (Fsp3) is 0.417. The van der Waals surface area contributed by atoms with Gasteiger partial charge in [-0.25, -0.2) is 4.98 Å². The van der Waals surface area contributed by atoms with E-state index in [-0.39, 0.29) is 35.9 Å². The van der Waals surface area contributed by atoms with Crippen molar-refractivity contribution >= 4 is 5.91 Å². The van der Waals surface area contributed by atoms with Crippen molar-refractivity contribution in [1.82, 2.24) is 10.3 Å². The van der Waals surface area contributed by atoms with E-state index < -0.39 is 6.61 Å². The zero-order valence-electron chi connectivity index (χ0n) is 19.1. The molecule has 0 spiro atoms. The van der Waals surface area contributed by atoms with Gasteiger partial charge in [-0.05, 0) is 57.4 Å². The molecule has 1 amide bonds. The maximum Gasteiger partial charge on any atom is 0.387 e. The number of halogens is 2. The first-order valence-electron chi connectivity index (χ1n) is 10.8. The SMILES string of the molecule is CCOC1=CC(C)CC=C1C(=O)NCc1coc(-c2ccc(OC(F)F)c(OC(C)C)c2)n1.